The highest BCUT2D eigenvalue weighted by Gasteiger charge is 2.17. The van der Waals surface area contributed by atoms with Gasteiger partial charge in [0.25, 0.3) is 11.6 Å². The van der Waals surface area contributed by atoms with Crippen molar-refractivity contribution >= 4 is 11.6 Å². The van der Waals surface area contributed by atoms with Gasteiger partial charge < -0.3 is 10.1 Å². The Balaban J connectivity index is 2.06. The Labute approximate surface area is 119 Å². The number of aromatic amines is 1. The van der Waals surface area contributed by atoms with Crippen LogP contribution in [-0.4, -0.2) is 39.7 Å². The Kier molecular flexibility index (Phi) is 4.44. The van der Waals surface area contributed by atoms with Crippen molar-refractivity contribution in [2.24, 2.45) is 0 Å². The van der Waals surface area contributed by atoms with E-state index in [1.807, 2.05) is 0 Å². The lowest BCUT2D eigenvalue weighted by atomic mass is 10.1. The van der Waals surface area contributed by atoms with E-state index in [9.17, 15) is 14.9 Å². The number of methoxy groups -OCH3 is 1. The van der Waals surface area contributed by atoms with Gasteiger partial charge in [-0.1, -0.05) is 0 Å². The summed E-state index contributed by atoms with van der Waals surface area (Å²) in [5.74, 6) is 0.467. The Bertz CT molecular complexity index is 641. The van der Waals surface area contributed by atoms with Gasteiger partial charge in [-0.3, -0.25) is 20.0 Å². The highest BCUT2D eigenvalue weighted by Crippen LogP contribution is 2.23. The number of nitrogens with zero attached hydrogens (tertiary/aromatic N) is 3. The Morgan fingerprint density at radius 1 is 1.52 bits per heavy atom. The van der Waals surface area contributed by atoms with Gasteiger partial charge in [0.1, 0.15) is 17.9 Å². The molecule has 0 atom stereocenters. The third-order valence-corrected chi connectivity index (χ3v) is 2.75. The predicted octanol–water partition coefficient (Wildman–Crippen LogP) is 0.694. The molecule has 9 heteroatoms. The molecule has 1 heterocycles. The summed E-state index contributed by atoms with van der Waals surface area (Å²) in [4.78, 5) is 26.2. The molecule has 2 N–H and O–H groups in total. The van der Waals surface area contributed by atoms with E-state index < -0.39 is 10.8 Å². The fourth-order valence-corrected chi connectivity index (χ4v) is 1.73. The quantitative estimate of drug-likeness (QED) is 0.596. The van der Waals surface area contributed by atoms with Gasteiger partial charge in [-0.05, 0) is 6.07 Å². The summed E-state index contributed by atoms with van der Waals surface area (Å²) in [6, 6.07) is 3.86. The van der Waals surface area contributed by atoms with Crippen molar-refractivity contribution in [3.8, 4) is 5.75 Å². The van der Waals surface area contributed by atoms with Crippen molar-refractivity contribution in [3.63, 3.8) is 0 Å². The summed E-state index contributed by atoms with van der Waals surface area (Å²) in [6.45, 7) is 0.319. The number of carbonyl (C=O) groups excluding carboxylic acids is 1. The van der Waals surface area contributed by atoms with Crippen LogP contribution in [0.4, 0.5) is 5.69 Å². The lowest BCUT2D eigenvalue weighted by Gasteiger charge is -2.08. The lowest BCUT2D eigenvalue weighted by Crippen LogP contribution is -2.26. The van der Waals surface area contributed by atoms with E-state index in [0.29, 0.717) is 18.8 Å². The standard InChI is InChI=1S/C12H13N5O4/c1-21-10-3-2-8(17(19)20)6-9(10)12(18)13-5-4-11-14-7-15-16-11/h2-3,6-7H,4-5H2,1H3,(H,13,18)(H,14,15,16). The first-order valence-corrected chi connectivity index (χ1v) is 6.06. The maximum Gasteiger partial charge on any atom is 0.270 e. The minimum atomic E-state index is -0.565. The van der Waals surface area contributed by atoms with Crippen molar-refractivity contribution < 1.29 is 14.5 Å². The number of hydrogen-bond donors (Lipinski definition) is 2. The first-order chi connectivity index (χ1) is 10.1. The second kappa shape index (κ2) is 6.46. The van der Waals surface area contributed by atoms with E-state index in [2.05, 4.69) is 20.5 Å². The van der Waals surface area contributed by atoms with Crippen LogP contribution in [0.3, 0.4) is 0 Å². The van der Waals surface area contributed by atoms with Gasteiger partial charge in [0.05, 0.1) is 17.6 Å². The second-order valence-electron chi connectivity index (χ2n) is 4.08. The number of non-ortho nitro benzene ring substituents is 1. The van der Waals surface area contributed by atoms with Crippen molar-refractivity contribution in [3.05, 3.63) is 46.0 Å². The summed E-state index contributed by atoms with van der Waals surface area (Å²) in [5.41, 5.74) is -0.0551. The number of rotatable bonds is 6. The Hall–Kier alpha value is -2.97. The molecule has 0 saturated heterocycles. The molecule has 1 amide bonds. The maximum atomic E-state index is 12.1. The van der Waals surface area contributed by atoms with Gasteiger partial charge in [0.15, 0.2) is 0 Å². The maximum absolute atomic E-state index is 12.1. The van der Waals surface area contributed by atoms with E-state index in [1.54, 1.807) is 0 Å². The fraction of sp³-hybridized carbons (Fsp3) is 0.250. The van der Waals surface area contributed by atoms with Crippen molar-refractivity contribution in [1.82, 2.24) is 20.5 Å². The van der Waals surface area contributed by atoms with Crippen molar-refractivity contribution in [2.45, 2.75) is 6.42 Å². The fourth-order valence-electron chi connectivity index (χ4n) is 1.73. The highest BCUT2D eigenvalue weighted by atomic mass is 16.6. The van der Waals surface area contributed by atoms with E-state index in [4.69, 9.17) is 4.74 Å². The molecule has 2 aromatic rings. The molecule has 110 valence electrons. The van der Waals surface area contributed by atoms with Crippen molar-refractivity contribution in [1.29, 1.82) is 0 Å². The van der Waals surface area contributed by atoms with Crippen LogP contribution in [-0.2, 0) is 6.42 Å². The molecular formula is C12H13N5O4. The number of H-pyrrole nitrogens is 1. The minimum Gasteiger partial charge on any atom is -0.496 e. The van der Waals surface area contributed by atoms with Gasteiger partial charge in [0.2, 0.25) is 0 Å². The number of benzene rings is 1. The number of nitro benzene ring substituents is 1. The summed E-state index contributed by atoms with van der Waals surface area (Å²) in [6.07, 6.45) is 1.85. The van der Waals surface area contributed by atoms with Crippen LogP contribution >= 0.6 is 0 Å². The largest absolute Gasteiger partial charge is 0.496 e. The van der Waals surface area contributed by atoms with Gasteiger partial charge in [-0.25, -0.2) is 4.98 Å². The van der Waals surface area contributed by atoms with Crippen LogP contribution in [0.25, 0.3) is 0 Å². The van der Waals surface area contributed by atoms with Crippen LogP contribution < -0.4 is 10.1 Å². The van der Waals surface area contributed by atoms with Gasteiger partial charge in [0, 0.05) is 25.1 Å². The molecule has 0 aliphatic rings. The van der Waals surface area contributed by atoms with Crippen LogP contribution in [0, 0.1) is 10.1 Å². The first-order valence-electron chi connectivity index (χ1n) is 6.06. The van der Waals surface area contributed by atoms with E-state index in [0.717, 1.165) is 0 Å². The molecule has 0 aliphatic carbocycles. The van der Waals surface area contributed by atoms with Crippen LogP contribution in [0.1, 0.15) is 16.2 Å². The number of aromatic nitrogens is 3. The molecule has 0 fully saturated rings. The van der Waals surface area contributed by atoms with Crippen LogP contribution in [0.2, 0.25) is 0 Å². The van der Waals surface area contributed by atoms with Crippen LogP contribution in [0.15, 0.2) is 24.5 Å². The summed E-state index contributed by atoms with van der Waals surface area (Å²) in [5, 5.41) is 19.8. The second-order valence-corrected chi connectivity index (χ2v) is 4.08. The minimum absolute atomic E-state index is 0.115. The van der Waals surface area contributed by atoms with Gasteiger partial charge in [-0.2, -0.15) is 5.10 Å². The molecule has 9 nitrogen and oxygen atoms in total. The monoisotopic (exact) mass is 291 g/mol. The Morgan fingerprint density at radius 3 is 2.95 bits per heavy atom. The zero-order valence-corrected chi connectivity index (χ0v) is 11.2. The summed E-state index contributed by atoms with van der Waals surface area (Å²) in [7, 11) is 1.40. The molecule has 0 radical (unpaired) electrons. The molecule has 0 bridgehead atoms. The molecule has 0 aliphatic heterocycles. The number of nitrogens with one attached hydrogen (secondary N) is 2. The zero-order valence-electron chi connectivity index (χ0n) is 11.2. The third kappa shape index (κ3) is 3.53. The molecular weight excluding hydrogens is 278 g/mol. The normalized spacial score (nSPS) is 10.1. The number of amides is 1. The third-order valence-electron chi connectivity index (χ3n) is 2.75. The van der Waals surface area contributed by atoms with Crippen LogP contribution in [0.5, 0.6) is 5.75 Å². The highest BCUT2D eigenvalue weighted by molar-refractivity contribution is 5.97. The molecule has 1 aromatic carbocycles. The van der Waals surface area contributed by atoms with E-state index in [-0.39, 0.29) is 17.0 Å². The smallest absolute Gasteiger partial charge is 0.270 e. The number of hydrogen-bond acceptors (Lipinski definition) is 6. The van der Waals surface area contributed by atoms with E-state index >= 15 is 0 Å². The topological polar surface area (TPSA) is 123 Å². The molecule has 2 rings (SSSR count). The number of ether oxygens (including phenoxy) is 1. The molecule has 0 unspecified atom stereocenters. The lowest BCUT2D eigenvalue weighted by molar-refractivity contribution is -0.384. The average molecular weight is 291 g/mol. The van der Waals surface area contributed by atoms with Gasteiger partial charge in [-0.15, -0.1) is 0 Å². The van der Waals surface area contributed by atoms with Crippen molar-refractivity contribution in [2.75, 3.05) is 13.7 Å². The van der Waals surface area contributed by atoms with Gasteiger partial charge >= 0.3 is 0 Å². The molecule has 1 aromatic heterocycles. The molecule has 0 saturated carbocycles. The Morgan fingerprint density at radius 2 is 2.33 bits per heavy atom. The average Bonchev–Trinajstić information content (AvgIpc) is 2.99. The predicted molar refractivity (Wildman–Crippen MR) is 72.1 cm³/mol. The summed E-state index contributed by atoms with van der Waals surface area (Å²) < 4.78 is 5.04. The first kappa shape index (κ1) is 14.4. The number of carbonyl (C=O) groups is 1. The number of nitro groups is 1. The molecule has 21 heavy (non-hydrogen) atoms. The zero-order chi connectivity index (χ0) is 15.2. The summed E-state index contributed by atoms with van der Waals surface area (Å²) >= 11 is 0. The van der Waals surface area contributed by atoms with E-state index in [1.165, 1.54) is 31.6 Å². The SMILES string of the molecule is COc1ccc([N+](=O)[O-])cc1C(=O)NCCc1ncn[nH]1. The molecule has 0 spiro atoms.